The summed E-state index contributed by atoms with van der Waals surface area (Å²) < 4.78 is 0. The fourth-order valence-corrected chi connectivity index (χ4v) is 3.39. The van der Waals surface area contributed by atoms with Gasteiger partial charge in [0.2, 0.25) is 0 Å². The average molecular weight is 263 g/mol. The van der Waals surface area contributed by atoms with Crippen molar-refractivity contribution in [1.82, 2.24) is 5.32 Å². The van der Waals surface area contributed by atoms with Crippen LogP contribution in [0, 0.1) is 0 Å². The van der Waals surface area contributed by atoms with Crippen molar-refractivity contribution in [3.8, 4) is 0 Å². The van der Waals surface area contributed by atoms with E-state index in [-0.39, 0.29) is 5.41 Å². The Labute approximate surface area is 121 Å². The van der Waals surface area contributed by atoms with Gasteiger partial charge in [-0.2, -0.15) is 0 Å². The van der Waals surface area contributed by atoms with E-state index in [1.807, 2.05) is 0 Å². The molecule has 102 valence electrons. The Kier molecular flexibility index (Phi) is 3.70. The van der Waals surface area contributed by atoms with Gasteiger partial charge in [0.05, 0.1) is 0 Å². The predicted molar refractivity (Wildman–Crippen MR) is 85.1 cm³/mol. The summed E-state index contributed by atoms with van der Waals surface area (Å²) in [5, 5.41) is 3.62. The van der Waals surface area contributed by atoms with Gasteiger partial charge in [-0.05, 0) is 36.1 Å². The van der Waals surface area contributed by atoms with E-state index < -0.39 is 0 Å². The standard InChI is InChI=1S/C19H21N/c1-2-13-19(17-9-4-3-5-10-17)15-20-14-12-16-8-6-7-11-18(16)19/h2-11,20H,1,12-15H2. The lowest BCUT2D eigenvalue weighted by molar-refractivity contribution is 0.486. The van der Waals surface area contributed by atoms with Gasteiger partial charge in [0.1, 0.15) is 0 Å². The molecule has 3 rings (SSSR count). The largest absolute Gasteiger partial charge is 0.315 e. The first-order chi connectivity index (χ1) is 9.87. The molecule has 0 saturated carbocycles. The van der Waals surface area contributed by atoms with Crippen molar-refractivity contribution in [3.63, 3.8) is 0 Å². The highest BCUT2D eigenvalue weighted by Crippen LogP contribution is 2.38. The highest BCUT2D eigenvalue weighted by molar-refractivity contribution is 5.46. The summed E-state index contributed by atoms with van der Waals surface area (Å²) in [4.78, 5) is 0. The quantitative estimate of drug-likeness (QED) is 0.833. The lowest BCUT2D eigenvalue weighted by atomic mass is 9.70. The molecular formula is C19H21N. The molecule has 0 aliphatic carbocycles. The van der Waals surface area contributed by atoms with Crippen LogP contribution in [0.2, 0.25) is 0 Å². The second-order valence-corrected chi connectivity index (χ2v) is 5.52. The molecule has 0 aromatic heterocycles. The molecule has 1 heteroatoms. The number of allylic oxidation sites excluding steroid dienone is 1. The van der Waals surface area contributed by atoms with Gasteiger partial charge in [0.25, 0.3) is 0 Å². The number of hydrogen-bond acceptors (Lipinski definition) is 1. The highest BCUT2D eigenvalue weighted by Gasteiger charge is 2.35. The van der Waals surface area contributed by atoms with Crippen LogP contribution >= 0.6 is 0 Å². The molecule has 0 fully saturated rings. The number of hydrogen-bond donors (Lipinski definition) is 1. The van der Waals surface area contributed by atoms with Crippen LogP contribution in [0.5, 0.6) is 0 Å². The molecular weight excluding hydrogens is 242 g/mol. The van der Waals surface area contributed by atoms with Crippen LogP contribution in [0.1, 0.15) is 23.1 Å². The molecule has 2 aromatic carbocycles. The van der Waals surface area contributed by atoms with Crippen molar-refractivity contribution in [1.29, 1.82) is 0 Å². The zero-order valence-electron chi connectivity index (χ0n) is 11.8. The predicted octanol–water partition coefficient (Wildman–Crippen LogP) is 3.69. The molecule has 1 atom stereocenters. The fraction of sp³-hybridized carbons (Fsp3) is 0.263. The van der Waals surface area contributed by atoms with E-state index >= 15 is 0 Å². The lowest BCUT2D eigenvalue weighted by Crippen LogP contribution is -2.37. The van der Waals surface area contributed by atoms with Crippen molar-refractivity contribution in [2.45, 2.75) is 18.3 Å². The van der Waals surface area contributed by atoms with Crippen molar-refractivity contribution in [2.24, 2.45) is 0 Å². The first kappa shape index (κ1) is 13.1. The SMILES string of the molecule is C=CCC1(c2ccccc2)CNCCc2ccccc21. The lowest BCUT2D eigenvalue weighted by Gasteiger charge is -2.34. The Hall–Kier alpha value is -1.86. The highest BCUT2D eigenvalue weighted by atomic mass is 14.9. The van der Waals surface area contributed by atoms with Crippen LogP contribution in [0.15, 0.2) is 67.3 Å². The van der Waals surface area contributed by atoms with Crippen molar-refractivity contribution in [2.75, 3.05) is 13.1 Å². The van der Waals surface area contributed by atoms with Gasteiger partial charge in [0, 0.05) is 12.0 Å². The summed E-state index contributed by atoms with van der Waals surface area (Å²) in [5.74, 6) is 0. The van der Waals surface area contributed by atoms with Crippen LogP contribution in [-0.4, -0.2) is 13.1 Å². The van der Waals surface area contributed by atoms with Crippen LogP contribution in [-0.2, 0) is 11.8 Å². The van der Waals surface area contributed by atoms with E-state index in [1.165, 1.54) is 16.7 Å². The summed E-state index contributed by atoms with van der Waals surface area (Å²) >= 11 is 0. The first-order valence-electron chi connectivity index (χ1n) is 7.32. The molecule has 1 unspecified atom stereocenters. The third-order valence-electron chi connectivity index (χ3n) is 4.35. The van der Waals surface area contributed by atoms with Gasteiger partial charge >= 0.3 is 0 Å². The molecule has 0 amide bonds. The Morgan fingerprint density at radius 3 is 2.60 bits per heavy atom. The molecule has 0 bridgehead atoms. The molecule has 1 nitrogen and oxygen atoms in total. The van der Waals surface area contributed by atoms with Gasteiger partial charge in [0.15, 0.2) is 0 Å². The second kappa shape index (κ2) is 5.64. The average Bonchev–Trinajstić information content (AvgIpc) is 2.70. The van der Waals surface area contributed by atoms with Crippen LogP contribution < -0.4 is 5.32 Å². The van der Waals surface area contributed by atoms with E-state index in [9.17, 15) is 0 Å². The van der Waals surface area contributed by atoms with Crippen molar-refractivity contribution < 1.29 is 0 Å². The smallest absolute Gasteiger partial charge is 0.0364 e. The summed E-state index contributed by atoms with van der Waals surface area (Å²) in [6.07, 6.45) is 4.11. The topological polar surface area (TPSA) is 12.0 Å². The molecule has 0 saturated heterocycles. The molecule has 0 spiro atoms. The Morgan fingerprint density at radius 2 is 1.80 bits per heavy atom. The first-order valence-corrected chi connectivity index (χ1v) is 7.32. The summed E-state index contributed by atoms with van der Waals surface area (Å²) in [6, 6.07) is 19.7. The number of rotatable bonds is 3. The second-order valence-electron chi connectivity index (χ2n) is 5.52. The van der Waals surface area contributed by atoms with Gasteiger partial charge in [-0.15, -0.1) is 6.58 Å². The molecule has 1 heterocycles. The monoisotopic (exact) mass is 263 g/mol. The van der Waals surface area contributed by atoms with Crippen LogP contribution in [0.25, 0.3) is 0 Å². The molecule has 0 radical (unpaired) electrons. The fourth-order valence-electron chi connectivity index (χ4n) is 3.39. The zero-order chi connectivity index (χ0) is 13.8. The number of fused-ring (bicyclic) bond motifs is 1. The van der Waals surface area contributed by atoms with E-state index in [4.69, 9.17) is 0 Å². The Bertz CT molecular complexity index is 588. The van der Waals surface area contributed by atoms with E-state index in [2.05, 4.69) is 72.6 Å². The molecule has 1 aliphatic rings. The maximum Gasteiger partial charge on any atom is 0.0364 e. The summed E-state index contributed by atoms with van der Waals surface area (Å²) in [6.45, 7) is 6.02. The Morgan fingerprint density at radius 1 is 1.05 bits per heavy atom. The summed E-state index contributed by atoms with van der Waals surface area (Å²) in [5.41, 5.74) is 4.30. The van der Waals surface area contributed by atoms with E-state index in [0.29, 0.717) is 0 Å². The van der Waals surface area contributed by atoms with Crippen LogP contribution in [0.4, 0.5) is 0 Å². The van der Waals surface area contributed by atoms with Crippen LogP contribution in [0.3, 0.4) is 0 Å². The van der Waals surface area contributed by atoms with Gasteiger partial charge in [-0.25, -0.2) is 0 Å². The molecule has 20 heavy (non-hydrogen) atoms. The maximum atomic E-state index is 4.00. The van der Waals surface area contributed by atoms with Gasteiger partial charge in [-0.3, -0.25) is 0 Å². The molecule has 1 N–H and O–H groups in total. The van der Waals surface area contributed by atoms with Crippen molar-refractivity contribution in [3.05, 3.63) is 83.9 Å². The minimum Gasteiger partial charge on any atom is -0.315 e. The van der Waals surface area contributed by atoms with E-state index in [1.54, 1.807) is 0 Å². The molecule has 2 aromatic rings. The minimum atomic E-state index is 0.0100. The van der Waals surface area contributed by atoms with Crippen molar-refractivity contribution >= 4 is 0 Å². The number of benzene rings is 2. The van der Waals surface area contributed by atoms with E-state index in [0.717, 1.165) is 25.9 Å². The van der Waals surface area contributed by atoms with Gasteiger partial charge < -0.3 is 5.32 Å². The maximum absolute atomic E-state index is 4.00. The Balaban J connectivity index is 2.21. The number of nitrogens with one attached hydrogen (secondary N) is 1. The summed E-state index contributed by atoms with van der Waals surface area (Å²) in [7, 11) is 0. The third-order valence-corrected chi connectivity index (χ3v) is 4.35. The zero-order valence-corrected chi connectivity index (χ0v) is 11.8. The minimum absolute atomic E-state index is 0.0100. The van der Waals surface area contributed by atoms with Gasteiger partial charge in [-0.1, -0.05) is 60.7 Å². The molecule has 1 aliphatic heterocycles. The normalized spacial score (nSPS) is 21.8. The third kappa shape index (κ3) is 2.19.